The van der Waals surface area contributed by atoms with Crippen LogP contribution in [-0.2, 0) is 5.75 Å². The van der Waals surface area contributed by atoms with Crippen molar-refractivity contribution in [1.82, 2.24) is 0 Å². The van der Waals surface area contributed by atoms with Crippen molar-refractivity contribution in [2.45, 2.75) is 17.6 Å². The first kappa shape index (κ1) is 12.9. The first-order valence-corrected chi connectivity index (χ1v) is 6.47. The number of aryl methyl sites for hydroxylation is 1. The lowest BCUT2D eigenvalue weighted by atomic mass is 10.1. The Kier molecular flexibility index (Phi) is 3.87. The highest BCUT2D eigenvalue weighted by Crippen LogP contribution is 2.29. The van der Waals surface area contributed by atoms with Gasteiger partial charge in [0, 0.05) is 16.3 Å². The zero-order valence-corrected chi connectivity index (χ0v) is 10.7. The summed E-state index contributed by atoms with van der Waals surface area (Å²) in [7, 11) is 0. The van der Waals surface area contributed by atoms with Crippen LogP contribution in [0.1, 0.15) is 11.1 Å². The van der Waals surface area contributed by atoms with Crippen molar-refractivity contribution in [2.75, 3.05) is 5.73 Å². The fourth-order valence-electron chi connectivity index (χ4n) is 1.63. The van der Waals surface area contributed by atoms with Crippen LogP contribution < -0.4 is 5.73 Å². The molecule has 0 saturated carbocycles. The van der Waals surface area contributed by atoms with E-state index in [-0.39, 0.29) is 11.6 Å². The van der Waals surface area contributed by atoms with Gasteiger partial charge in [-0.2, -0.15) is 0 Å². The Morgan fingerprint density at radius 1 is 1.06 bits per heavy atom. The number of rotatable bonds is 3. The van der Waals surface area contributed by atoms with Crippen molar-refractivity contribution >= 4 is 17.4 Å². The molecule has 2 rings (SSSR count). The topological polar surface area (TPSA) is 26.0 Å². The van der Waals surface area contributed by atoms with Crippen LogP contribution in [0.2, 0.25) is 0 Å². The van der Waals surface area contributed by atoms with E-state index in [9.17, 15) is 8.78 Å². The summed E-state index contributed by atoms with van der Waals surface area (Å²) in [5, 5.41) is 0. The molecule has 0 heterocycles. The van der Waals surface area contributed by atoms with Crippen LogP contribution in [0.25, 0.3) is 0 Å². The lowest BCUT2D eigenvalue weighted by Crippen LogP contribution is -1.92. The molecule has 0 saturated heterocycles. The summed E-state index contributed by atoms with van der Waals surface area (Å²) >= 11 is 1.51. The quantitative estimate of drug-likeness (QED) is 0.666. The summed E-state index contributed by atoms with van der Waals surface area (Å²) in [6.07, 6.45) is 0. The highest BCUT2D eigenvalue weighted by Gasteiger charge is 2.04. The van der Waals surface area contributed by atoms with Crippen molar-refractivity contribution in [1.29, 1.82) is 0 Å². The van der Waals surface area contributed by atoms with Gasteiger partial charge >= 0.3 is 0 Å². The predicted octanol–water partition coefficient (Wildman–Crippen LogP) is 4.15. The van der Waals surface area contributed by atoms with Crippen LogP contribution in [0.4, 0.5) is 14.5 Å². The number of hydrogen-bond acceptors (Lipinski definition) is 2. The average Bonchev–Trinajstić information content (AvgIpc) is 2.30. The molecule has 0 fully saturated rings. The Morgan fingerprint density at radius 2 is 1.72 bits per heavy atom. The lowest BCUT2D eigenvalue weighted by molar-refractivity contribution is 0.626. The van der Waals surface area contributed by atoms with Crippen LogP contribution in [0, 0.1) is 18.6 Å². The minimum atomic E-state index is -0.338. The molecular weight excluding hydrogens is 252 g/mol. The Morgan fingerprint density at radius 3 is 2.39 bits per heavy atom. The maximum Gasteiger partial charge on any atom is 0.125 e. The fraction of sp³-hybridized carbons (Fsp3) is 0.143. The highest BCUT2D eigenvalue weighted by molar-refractivity contribution is 7.98. The molecule has 18 heavy (non-hydrogen) atoms. The molecule has 2 aromatic carbocycles. The highest BCUT2D eigenvalue weighted by atomic mass is 32.2. The number of benzene rings is 2. The van der Waals surface area contributed by atoms with Gasteiger partial charge < -0.3 is 5.73 Å². The van der Waals surface area contributed by atoms with Gasteiger partial charge in [0.1, 0.15) is 11.6 Å². The maximum absolute atomic E-state index is 13.0. The minimum Gasteiger partial charge on any atom is -0.398 e. The first-order chi connectivity index (χ1) is 8.56. The van der Waals surface area contributed by atoms with Gasteiger partial charge in [-0.3, -0.25) is 0 Å². The summed E-state index contributed by atoms with van der Waals surface area (Å²) in [5.74, 6) is 0.111. The molecule has 0 radical (unpaired) electrons. The number of nitrogen functional groups attached to an aromatic ring is 1. The molecule has 94 valence electrons. The molecule has 0 atom stereocenters. The molecular formula is C14H13F2NS. The van der Waals surface area contributed by atoms with Crippen LogP contribution in [0.5, 0.6) is 0 Å². The molecule has 1 nitrogen and oxygen atoms in total. The average molecular weight is 265 g/mol. The Hall–Kier alpha value is -1.55. The monoisotopic (exact) mass is 265 g/mol. The predicted molar refractivity (Wildman–Crippen MR) is 71.5 cm³/mol. The van der Waals surface area contributed by atoms with E-state index in [1.54, 1.807) is 12.1 Å². The minimum absolute atomic E-state index is 0.234. The Labute approximate surface area is 109 Å². The van der Waals surface area contributed by atoms with Crippen molar-refractivity contribution in [3.63, 3.8) is 0 Å². The van der Waals surface area contributed by atoms with E-state index < -0.39 is 0 Å². The number of hydrogen-bond donors (Lipinski definition) is 1. The van der Waals surface area contributed by atoms with Crippen molar-refractivity contribution < 1.29 is 8.78 Å². The summed E-state index contributed by atoms with van der Waals surface area (Å²) in [6, 6.07) is 9.06. The van der Waals surface area contributed by atoms with E-state index in [0.717, 1.165) is 16.0 Å². The third-order valence-corrected chi connectivity index (χ3v) is 3.80. The first-order valence-electron chi connectivity index (χ1n) is 5.49. The third-order valence-electron chi connectivity index (χ3n) is 2.66. The smallest absolute Gasteiger partial charge is 0.125 e. The van der Waals surface area contributed by atoms with E-state index in [4.69, 9.17) is 5.73 Å². The molecule has 4 heteroatoms. The van der Waals surface area contributed by atoms with Crippen LogP contribution in [-0.4, -0.2) is 0 Å². The zero-order valence-electron chi connectivity index (χ0n) is 9.91. The molecule has 0 aliphatic carbocycles. The van der Waals surface area contributed by atoms with E-state index in [1.165, 1.54) is 36.0 Å². The van der Waals surface area contributed by atoms with Gasteiger partial charge in [-0.15, -0.1) is 11.8 Å². The number of thioether (sulfide) groups is 1. The molecule has 0 aliphatic heterocycles. The van der Waals surface area contributed by atoms with Gasteiger partial charge in [-0.05, 0) is 48.4 Å². The van der Waals surface area contributed by atoms with Gasteiger partial charge in [0.2, 0.25) is 0 Å². The number of anilines is 1. The summed E-state index contributed by atoms with van der Waals surface area (Å²) in [4.78, 5) is 0.833. The summed E-state index contributed by atoms with van der Waals surface area (Å²) in [5.41, 5.74) is 8.11. The molecule has 0 bridgehead atoms. The van der Waals surface area contributed by atoms with Gasteiger partial charge in [-0.25, -0.2) is 8.78 Å². The van der Waals surface area contributed by atoms with Gasteiger partial charge in [0.05, 0.1) is 0 Å². The second-order valence-electron chi connectivity index (χ2n) is 4.04. The van der Waals surface area contributed by atoms with Crippen molar-refractivity contribution in [3.05, 3.63) is 59.2 Å². The molecule has 0 aliphatic rings. The largest absolute Gasteiger partial charge is 0.398 e. The SMILES string of the molecule is Cc1cc(F)ccc1CSc1ccc(F)cc1N. The normalized spacial score (nSPS) is 10.6. The third kappa shape index (κ3) is 3.01. The van der Waals surface area contributed by atoms with E-state index >= 15 is 0 Å². The summed E-state index contributed by atoms with van der Waals surface area (Å²) < 4.78 is 25.8. The summed E-state index contributed by atoms with van der Waals surface area (Å²) in [6.45, 7) is 1.87. The second kappa shape index (κ2) is 5.40. The molecule has 2 aromatic rings. The molecule has 0 unspecified atom stereocenters. The van der Waals surface area contributed by atoms with E-state index in [1.807, 2.05) is 6.92 Å². The Bertz CT molecular complexity index is 518. The Balaban J connectivity index is 2.11. The van der Waals surface area contributed by atoms with Crippen LogP contribution in [0.15, 0.2) is 41.3 Å². The van der Waals surface area contributed by atoms with Crippen LogP contribution >= 0.6 is 11.8 Å². The van der Waals surface area contributed by atoms with E-state index in [0.29, 0.717) is 11.4 Å². The van der Waals surface area contributed by atoms with E-state index in [2.05, 4.69) is 0 Å². The number of nitrogens with two attached hydrogens (primary N) is 1. The lowest BCUT2D eigenvalue weighted by Gasteiger charge is -2.08. The number of halogens is 2. The standard InChI is InChI=1S/C14H13F2NS/c1-9-6-11(15)3-2-10(9)8-18-14-5-4-12(16)7-13(14)17/h2-7H,8,17H2,1H3. The van der Waals surface area contributed by atoms with Gasteiger partial charge in [0.15, 0.2) is 0 Å². The molecule has 0 aromatic heterocycles. The maximum atomic E-state index is 13.0. The fourth-order valence-corrected chi connectivity index (χ4v) is 2.65. The molecule has 0 amide bonds. The molecule has 2 N–H and O–H groups in total. The molecule has 0 spiro atoms. The van der Waals surface area contributed by atoms with Gasteiger partial charge in [0.25, 0.3) is 0 Å². The van der Waals surface area contributed by atoms with Crippen molar-refractivity contribution in [3.8, 4) is 0 Å². The zero-order chi connectivity index (χ0) is 13.1. The van der Waals surface area contributed by atoms with Crippen molar-refractivity contribution in [2.24, 2.45) is 0 Å². The second-order valence-corrected chi connectivity index (χ2v) is 5.06. The van der Waals surface area contributed by atoms with Gasteiger partial charge in [-0.1, -0.05) is 6.07 Å². The van der Waals surface area contributed by atoms with Crippen LogP contribution in [0.3, 0.4) is 0 Å².